The smallest absolute Gasteiger partial charge is 0.250 e. The van der Waals surface area contributed by atoms with E-state index in [1.807, 2.05) is 36.7 Å². The number of nitrogens with zero attached hydrogens (tertiary/aromatic N) is 1. The highest BCUT2D eigenvalue weighted by molar-refractivity contribution is 6.05. The maximum Gasteiger partial charge on any atom is 0.250 e. The first-order valence-electron chi connectivity index (χ1n) is 5.31. The molecule has 3 N–H and O–H groups in total. The monoisotopic (exact) mass is 225 g/mol. The fourth-order valence-electron chi connectivity index (χ4n) is 2.07. The number of carbonyl (C=O) groups excluding carboxylic acids is 1. The molecule has 1 aromatic rings. The van der Waals surface area contributed by atoms with Crippen molar-refractivity contribution in [1.29, 1.82) is 0 Å². The van der Waals surface area contributed by atoms with Crippen molar-refractivity contribution in [3.63, 3.8) is 0 Å². The number of hydrogen-bond acceptors (Lipinski definition) is 3. The molecule has 1 aromatic carbocycles. The first kappa shape index (κ1) is 9.72. The van der Waals surface area contributed by atoms with Gasteiger partial charge in [-0.3, -0.25) is 9.80 Å². The third kappa shape index (κ3) is 1.42. The van der Waals surface area contributed by atoms with Crippen molar-refractivity contribution in [1.82, 2.24) is 10.4 Å². The zero-order chi connectivity index (χ0) is 11.8. The number of benzene rings is 1. The van der Waals surface area contributed by atoms with Crippen molar-refractivity contribution in [2.45, 2.75) is 0 Å². The van der Waals surface area contributed by atoms with Crippen LogP contribution in [-0.4, -0.2) is 10.9 Å². The number of nitrogens with two attached hydrogens (primary N) is 1. The molecule has 2 aliphatic heterocycles. The van der Waals surface area contributed by atoms with Gasteiger partial charge in [0, 0.05) is 22.8 Å². The van der Waals surface area contributed by atoms with Crippen molar-refractivity contribution in [3.8, 4) is 0 Å². The number of amides is 1. The Kier molecular flexibility index (Phi) is 2.01. The van der Waals surface area contributed by atoms with Gasteiger partial charge in [0.05, 0.1) is 11.3 Å². The normalized spacial score (nSPS) is 16.4. The van der Waals surface area contributed by atoms with E-state index in [0.717, 1.165) is 16.1 Å². The fourth-order valence-corrected chi connectivity index (χ4v) is 2.07. The Labute approximate surface area is 98.0 Å². The number of hydrogen-bond donors (Lipinski definition) is 2. The Morgan fingerprint density at radius 2 is 2.12 bits per heavy atom. The van der Waals surface area contributed by atoms with Crippen molar-refractivity contribution < 1.29 is 4.79 Å². The van der Waals surface area contributed by atoms with Crippen LogP contribution in [0.25, 0.3) is 11.9 Å². The quantitative estimate of drug-likeness (QED) is 0.664. The standard InChI is InChI=1S/C13H11N3O/c14-13(17)11-6-3-7-16-12(11)10-5-2-1-4-9(10)8-15-16/h1-8,15H,(H2,14,17). The molecule has 84 valence electrons. The number of nitrogens with one attached hydrogen (secondary N) is 1. The van der Waals surface area contributed by atoms with Crippen LogP contribution in [-0.2, 0) is 4.79 Å². The Bertz CT molecular complexity index is 670. The molecule has 1 amide bonds. The van der Waals surface area contributed by atoms with E-state index in [1.54, 1.807) is 17.2 Å². The van der Waals surface area contributed by atoms with E-state index in [0.29, 0.717) is 5.57 Å². The molecule has 17 heavy (non-hydrogen) atoms. The van der Waals surface area contributed by atoms with Gasteiger partial charge in [0.25, 0.3) is 5.91 Å². The van der Waals surface area contributed by atoms with Crippen LogP contribution in [0.4, 0.5) is 0 Å². The number of hydrazine groups is 1. The highest BCUT2D eigenvalue weighted by atomic mass is 16.1. The molecule has 2 aliphatic rings. The summed E-state index contributed by atoms with van der Waals surface area (Å²) in [7, 11) is 0. The summed E-state index contributed by atoms with van der Waals surface area (Å²) in [6, 6.07) is 7.87. The second kappa shape index (κ2) is 3.52. The Balaban J connectivity index is 2.39. The van der Waals surface area contributed by atoms with Crippen LogP contribution in [0.1, 0.15) is 0 Å². The molecule has 0 saturated heterocycles. The lowest BCUT2D eigenvalue weighted by atomic mass is 10.0. The van der Waals surface area contributed by atoms with E-state index in [-0.39, 0.29) is 0 Å². The minimum atomic E-state index is -0.423. The van der Waals surface area contributed by atoms with Crippen molar-refractivity contribution >= 4 is 17.8 Å². The molecule has 0 saturated carbocycles. The molecule has 4 heteroatoms. The highest BCUT2D eigenvalue weighted by Crippen LogP contribution is 2.18. The maximum atomic E-state index is 11.5. The van der Waals surface area contributed by atoms with Crippen molar-refractivity contribution in [2.24, 2.45) is 5.73 Å². The molecule has 0 unspecified atom stereocenters. The molecule has 2 heterocycles. The third-order valence-corrected chi connectivity index (χ3v) is 2.83. The molecule has 0 aliphatic carbocycles. The van der Waals surface area contributed by atoms with Crippen LogP contribution < -0.4 is 21.6 Å². The van der Waals surface area contributed by atoms with Crippen LogP contribution in [0.2, 0.25) is 0 Å². The van der Waals surface area contributed by atoms with Gasteiger partial charge in [-0.05, 0) is 12.2 Å². The molecule has 0 spiro atoms. The van der Waals surface area contributed by atoms with E-state index in [1.165, 1.54) is 0 Å². The van der Waals surface area contributed by atoms with Gasteiger partial charge in [-0.1, -0.05) is 24.3 Å². The minimum Gasteiger partial charge on any atom is -0.366 e. The average molecular weight is 225 g/mol. The van der Waals surface area contributed by atoms with E-state index in [9.17, 15) is 4.79 Å². The average Bonchev–Trinajstić information content (AvgIpc) is 2.37. The third-order valence-electron chi connectivity index (χ3n) is 2.83. The Morgan fingerprint density at radius 3 is 2.94 bits per heavy atom. The van der Waals surface area contributed by atoms with E-state index >= 15 is 0 Å². The summed E-state index contributed by atoms with van der Waals surface area (Å²) in [6.45, 7) is 0. The number of carbonyl (C=O) groups is 1. The Hall–Kier alpha value is -2.49. The fraction of sp³-hybridized carbons (Fsp3) is 0. The summed E-state index contributed by atoms with van der Waals surface area (Å²) in [4.78, 5) is 11.5. The molecular weight excluding hydrogens is 214 g/mol. The maximum absolute atomic E-state index is 11.5. The molecule has 0 bridgehead atoms. The number of allylic oxidation sites excluding steroid dienone is 2. The van der Waals surface area contributed by atoms with Gasteiger partial charge < -0.3 is 11.2 Å². The van der Waals surface area contributed by atoms with Gasteiger partial charge in [0.15, 0.2) is 0 Å². The van der Waals surface area contributed by atoms with Gasteiger partial charge in [0.1, 0.15) is 0 Å². The first-order chi connectivity index (χ1) is 8.27. The van der Waals surface area contributed by atoms with Gasteiger partial charge in [-0.15, -0.1) is 0 Å². The van der Waals surface area contributed by atoms with E-state index in [2.05, 4.69) is 5.43 Å². The summed E-state index contributed by atoms with van der Waals surface area (Å²) >= 11 is 0. The lowest BCUT2D eigenvalue weighted by Gasteiger charge is -2.29. The summed E-state index contributed by atoms with van der Waals surface area (Å²) in [5, 5.41) is 3.84. The lowest BCUT2D eigenvalue weighted by Crippen LogP contribution is -2.46. The second-order valence-electron chi connectivity index (χ2n) is 3.87. The second-order valence-corrected chi connectivity index (χ2v) is 3.87. The minimum absolute atomic E-state index is 0.423. The van der Waals surface area contributed by atoms with Crippen LogP contribution in [0.15, 0.2) is 48.2 Å². The van der Waals surface area contributed by atoms with E-state index in [4.69, 9.17) is 5.73 Å². The highest BCUT2D eigenvalue weighted by Gasteiger charge is 2.21. The van der Waals surface area contributed by atoms with Gasteiger partial charge in [-0.2, -0.15) is 0 Å². The van der Waals surface area contributed by atoms with Crippen molar-refractivity contribution in [3.05, 3.63) is 58.6 Å². The summed E-state index contributed by atoms with van der Waals surface area (Å²) < 4.78 is 0. The number of rotatable bonds is 1. The number of primary amides is 1. The molecule has 0 atom stereocenters. The largest absolute Gasteiger partial charge is 0.366 e. The van der Waals surface area contributed by atoms with Gasteiger partial charge in [-0.25, -0.2) is 0 Å². The summed E-state index contributed by atoms with van der Waals surface area (Å²) in [6.07, 6.45) is 7.28. The molecular formula is C13H11N3O. The Morgan fingerprint density at radius 1 is 1.29 bits per heavy atom. The zero-order valence-corrected chi connectivity index (χ0v) is 9.05. The predicted octanol–water partition coefficient (Wildman–Crippen LogP) is -0.708. The lowest BCUT2D eigenvalue weighted by molar-refractivity contribution is -0.114. The van der Waals surface area contributed by atoms with Crippen LogP contribution >= 0.6 is 0 Å². The van der Waals surface area contributed by atoms with Crippen LogP contribution in [0, 0.1) is 0 Å². The number of fused-ring (bicyclic) bond motifs is 2. The topological polar surface area (TPSA) is 58.4 Å². The zero-order valence-electron chi connectivity index (χ0n) is 9.05. The summed E-state index contributed by atoms with van der Waals surface area (Å²) in [5.41, 5.74) is 9.82. The van der Waals surface area contributed by atoms with Crippen LogP contribution in [0.5, 0.6) is 0 Å². The first-order valence-corrected chi connectivity index (χ1v) is 5.31. The molecule has 0 radical (unpaired) electrons. The van der Waals surface area contributed by atoms with Gasteiger partial charge in [0.2, 0.25) is 0 Å². The summed E-state index contributed by atoms with van der Waals surface area (Å²) in [5.74, 6) is -0.423. The van der Waals surface area contributed by atoms with Gasteiger partial charge >= 0.3 is 0 Å². The van der Waals surface area contributed by atoms with Crippen molar-refractivity contribution in [2.75, 3.05) is 0 Å². The van der Waals surface area contributed by atoms with Crippen LogP contribution in [0.3, 0.4) is 0 Å². The molecule has 0 aromatic heterocycles. The predicted molar refractivity (Wildman–Crippen MR) is 65.0 cm³/mol. The molecule has 3 rings (SSSR count). The molecule has 4 nitrogen and oxygen atoms in total. The SMILES string of the molecule is NC(=O)C1=CC=CN2NC=c3ccccc3=C12. The van der Waals surface area contributed by atoms with E-state index < -0.39 is 5.91 Å². The molecule has 0 fully saturated rings.